The molecule has 96 valence electrons. The minimum Gasteiger partial charge on any atom is -0.493 e. The van der Waals surface area contributed by atoms with Gasteiger partial charge < -0.3 is 14.0 Å². The van der Waals surface area contributed by atoms with Crippen LogP contribution in [0.15, 0.2) is 29.1 Å². The number of imidazole rings is 1. The number of nitrogens with zero attached hydrogens (tertiary/aromatic N) is 2. The maximum Gasteiger partial charge on any atom is 0.160 e. The van der Waals surface area contributed by atoms with Crippen LogP contribution in [0.5, 0.6) is 11.5 Å². The van der Waals surface area contributed by atoms with Crippen molar-refractivity contribution in [3.8, 4) is 11.5 Å². The molecule has 0 aliphatic rings. The predicted molar refractivity (Wildman–Crippen MR) is 73.3 cm³/mol. The monoisotopic (exact) mass is 310 g/mol. The van der Waals surface area contributed by atoms with E-state index in [1.165, 1.54) is 0 Å². The molecule has 0 unspecified atom stereocenters. The number of rotatable bonds is 4. The lowest BCUT2D eigenvalue weighted by atomic mass is 10.1. The SMILES string of the molecule is COc1ccc(Cc2ncn(C)c2Br)cc1OC. The van der Waals surface area contributed by atoms with E-state index in [0.717, 1.165) is 33.8 Å². The Bertz CT molecular complexity index is 552. The number of hydrogen-bond acceptors (Lipinski definition) is 3. The predicted octanol–water partition coefficient (Wildman–Crippen LogP) is 2.79. The highest BCUT2D eigenvalue weighted by molar-refractivity contribution is 9.10. The highest BCUT2D eigenvalue weighted by atomic mass is 79.9. The van der Waals surface area contributed by atoms with Crippen molar-refractivity contribution in [1.82, 2.24) is 9.55 Å². The third-order valence-corrected chi connectivity index (χ3v) is 3.77. The number of aromatic nitrogens is 2. The molecule has 2 rings (SSSR count). The van der Waals surface area contributed by atoms with Crippen LogP contribution in [0, 0.1) is 0 Å². The van der Waals surface area contributed by atoms with E-state index < -0.39 is 0 Å². The highest BCUT2D eigenvalue weighted by Crippen LogP contribution is 2.29. The number of ether oxygens (including phenoxy) is 2. The van der Waals surface area contributed by atoms with Gasteiger partial charge in [-0.2, -0.15) is 0 Å². The van der Waals surface area contributed by atoms with Crippen LogP contribution in [0.4, 0.5) is 0 Å². The fraction of sp³-hybridized carbons (Fsp3) is 0.308. The van der Waals surface area contributed by atoms with Gasteiger partial charge in [-0.15, -0.1) is 0 Å². The summed E-state index contributed by atoms with van der Waals surface area (Å²) in [5.41, 5.74) is 2.14. The molecule has 0 aliphatic heterocycles. The van der Waals surface area contributed by atoms with E-state index >= 15 is 0 Å². The summed E-state index contributed by atoms with van der Waals surface area (Å²) in [6.07, 6.45) is 2.54. The lowest BCUT2D eigenvalue weighted by Gasteiger charge is -2.09. The smallest absolute Gasteiger partial charge is 0.160 e. The maximum atomic E-state index is 5.29. The van der Waals surface area contributed by atoms with E-state index in [1.807, 2.05) is 29.8 Å². The largest absolute Gasteiger partial charge is 0.493 e. The molecule has 18 heavy (non-hydrogen) atoms. The third-order valence-electron chi connectivity index (χ3n) is 2.75. The van der Waals surface area contributed by atoms with Gasteiger partial charge in [0, 0.05) is 13.5 Å². The van der Waals surface area contributed by atoms with Gasteiger partial charge in [-0.05, 0) is 33.6 Å². The zero-order chi connectivity index (χ0) is 13.1. The van der Waals surface area contributed by atoms with Crippen molar-refractivity contribution in [1.29, 1.82) is 0 Å². The van der Waals surface area contributed by atoms with Crippen LogP contribution in [-0.4, -0.2) is 23.8 Å². The summed E-state index contributed by atoms with van der Waals surface area (Å²) in [5.74, 6) is 1.48. The second-order valence-electron chi connectivity index (χ2n) is 3.96. The number of halogens is 1. The van der Waals surface area contributed by atoms with Gasteiger partial charge in [-0.1, -0.05) is 6.07 Å². The Morgan fingerprint density at radius 3 is 2.50 bits per heavy atom. The van der Waals surface area contributed by atoms with E-state index in [1.54, 1.807) is 20.5 Å². The molecule has 0 amide bonds. The Hall–Kier alpha value is -1.49. The van der Waals surface area contributed by atoms with Crippen molar-refractivity contribution in [2.45, 2.75) is 6.42 Å². The quantitative estimate of drug-likeness (QED) is 0.871. The molecule has 0 aliphatic carbocycles. The normalized spacial score (nSPS) is 10.4. The number of hydrogen-bond donors (Lipinski definition) is 0. The van der Waals surface area contributed by atoms with E-state index in [0.29, 0.717) is 0 Å². The molecule has 0 fully saturated rings. The zero-order valence-electron chi connectivity index (χ0n) is 10.6. The first-order chi connectivity index (χ1) is 8.65. The van der Waals surface area contributed by atoms with Crippen LogP contribution < -0.4 is 9.47 Å². The molecule has 0 radical (unpaired) electrons. The number of methoxy groups -OCH3 is 2. The fourth-order valence-electron chi connectivity index (χ4n) is 1.77. The van der Waals surface area contributed by atoms with E-state index in [2.05, 4.69) is 20.9 Å². The van der Waals surface area contributed by atoms with Crippen molar-refractivity contribution < 1.29 is 9.47 Å². The molecule has 2 aromatic rings. The average Bonchev–Trinajstić information content (AvgIpc) is 2.70. The molecular formula is C13H15BrN2O2. The van der Waals surface area contributed by atoms with Crippen molar-refractivity contribution in [3.05, 3.63) is 40.4 Å². The summed E-state index contributed by atoms with van der Waals surface area (Å²) in [4.78, 5) is 4.35. The van der Waals surface area contributed by atoms with Gasteiger partial charge in [0.1, 0.15) is 4.60 Å². The van der Waals surface area contributed by atoms with Crippen molar-refractivity contribution in [3.63, 3.8) is 0 Å². The van der Waals surface area contributed by atoms with E-state index in [9.17, 15) is 0 Å². The molecule has 0 atom stereocenters. The molecule has 1 aromatic carbocycles. The van der Waals surface area contributed by atoms with E-state index in [4.69, 9.17) is 9.47 Å². The summed E-state index contributed by atoms with van der Waals surface area (Å²) < 4.78 is 13.4. The first-order valence-corrected chi connectivity index (χ1v) is 6.31. The Morgan fingerprint density at radius 2 is 1.94 bits per heavy atom. The van der Waals surface area contributed by atoms with Crippen LogP contribution in [0.3, 0.4) is 0 Å². The standard InChI is InChI=1S/C13H15BrN2O2/c1-16-8-15-10(13(16)14)6-9-4-5-11(17-2)12(7-9)18-3/h4-5,7-8H,6H2,1-3H3. The maximum absolute atomic E-state index is 5.29. The Balaban J connectivity index is 2.27. The van der Waals surface area contributed by atoms with Crippen molar-refractivity contribution in [2.75, 3.05) is 14.2 Å². The van der Waals surface area contributed by atoms with Crippen molar-refractivity contribution >= 4 is 15.9 Å². The number of aryl methyl sites for hydroxylation is 1. The first kappa shape index (κ1) is 13.0. The molecule has 1 aromatic heterocycles. The number of benzene rings is 1. The minimum absolute atomic E-state index is 0.737. The molecule has 1 heterocycles. The Morgan fingerprint density at radius 1 is 1.22 bits per heavy atom. The van der Waals surface area contributed by atoms with Gasteiger partial charge >= 0.3 is 0 Å². The van der Waals surface area contributed by atoms with Gasteiger partial charge in [-0.25, -0.2) is 4.98 Å². The second kappa shape index (κ2) is 5.44. The highest BCUT2D eigenvalue weighted by Gasteiger charge is 2.09. The van der Waals surface area contributed by atoms with Crippen molar-refractivity contribution in [2.24, 2.45) is 7.05 Å². The van der Waals surface area contributed by atoms with Gasteiger partial charge in [0.15, 0.2) is 11.5 Å². The van der Waals surface area contributed by atoms with E-state index in [-0.39, 0.29) is 0 Å². The molecule has 0 bridgehead atoms. The fourth-order valence-corrected chi connectivity index (χ4v) is 2.10. The minimum atomic E-state index is 0.737. The summed E-state index contributed by atoms with van der Waals surface area (Å²) >= 11 is 3.52. The van der Waals surface area contributed by atoms with Gasteiger partial charge in [0.25, 0.3) is 0 Å². The average molecular weight is 311 g/mol. The summed E-state index contributed by atoms with van der Waals surface area (Å²) in [6.45, 7) is 0. The summed E-state index contributed by atoms with van der Waals surface area (Å²) in [7, 11) is 5.22. The molecule has 0 saturated carbocycles. The van der Waals surface area contributed by atoms with Crippen LogP contribution in [0.2, 0.25) is 0 Å². The molecule has 0 N–H and O–H groups in total. The first-order valence-electron chi connectivity index (χ1n) is 5.52. The summed E-state index contributed by atoms with van der Waals surface area (Å²) in [6, 6.07) is 5.90. The zero-order valence-corrected chi connectivity index (χ0v) is 12.2. The Labute approximate surface area is 115 Å². The van der Waals surface area contributed by atoms with Gasteiger partial charge in [0.2, 0.25) is 0 Å². The second-order valence-corrected chi connectivity index (χ2v) is 4.71. The molecule has 0 saturated heterocycles. The molecule has 0 spiro atoms. The topological polar surface area (TPSA) is 36.3 Å². The lowest BCUT2D eigenvalue weighted by molar-refractivity contribution is 0.354. The summed E-state index contributed by atoms with van der Waals surface area (Å²) in [5, 5.41) is 0. The van der Waals surface area contributed by atoms with Crippen LogP contribution in [-0.2, 0) is 13.5 Å². The molecule has 4 nitrogen and oxygen atoms in total. The lowest BCUT2D eigenvalue weighted by Crippen LogP contribution is -1.95. The van der Waals surface area contributed by atoms with Gasteiger partial charge in [0.05, 0.1) is 26.2 Å². The molecule has 5 heteroatoms. The van der Waals surface area contributed by atoms with Crippen LogP contribution >= 0.6 is 15.9 Å². The van der Waals surface area contributed by atoms with Crippen LogP contribution in [0.1, 0.15) is 11.3 Å². The van der Waals surface area contributed by atoms with Gasteiger partial charge in [-0.3, -0.25) is 0 Å². The van der Waals surface area contributed by atoms with Crippen LogP contribution in [0.25, 0.3) is 0 Å². The molecular weight excluding hydrogens is 296 g/mol. The third kappa shape index (κ3) is 2.51. The Kier molecular flexibility index (Phi) is 3.91.